The van der Waals surface area contributed by atoms with Gasteiger partial charge in [0.15, 0.2) is 17.3 Å². The van der Waals surface area contributed by atoms with Gasteiger partial charge in [0.2, 0.25) is 11.7 Å². The molecule has 1 aliphatic rings. The molecular weight excluding hydrogens is 496 g/mol. The summed E-state index contributed by atoms with van der Waals surface area (Å²) in [6.45, 7) is 1.35. The van der Waals surface area contributed by atoms with Crippen molar-refractivity contribution in [3.63, 3.8) is 0 Å². The number of methoxy groups -OCH3 is 3. The van der Waals surface area contributed by atoms with E-state index in [9.17, 15) is 9.59 Å². The molecule has 1 aromatic heterocycles. The quantitative estimate of drug-likeness (QED) is 0.317. The SMILES string of the molecule is COc1cc(CC(=O)Nc2ccc(C3CCN(C(=O)c4cc5ccccc5o4)CC3)cc2)cc(OC)c1OC. The first-order chi connectivity index (χ1) is 19.0. The summed E-state index contributed by atoms with van der Waals surface area (Å²) in [5.41, 5.74) is 3.41. The number of furan rings is 1. The van der Waals surface area contributed by atoms with Crippen LogP contribution in [0.3, 0.4) is 0 Å². The van der Waals surface area contributed by atoms with Gasteiger partial charge in [-0.2, -0.15) is 0 Å². The van der Waals surface area contributed by atoms with Crippen LogP contribution in [0.1, 0.15) is 40.4 Å². The second-order valence-corrected chi connectivity index (χ2v) is 9.60. The molecule has 1 fully saturated rings. The Balaban J connectivity index is 1.16. The number of carbonyl (C=O) groups is 2. The van der Waals surface area contributed by atoms with Crippen molar-refractivity contribution in [3.8, 4) is 17.2 Å². The van der Waals surface area contributed by atoms with Crippen LogP contribution in [-0.2, 0) is 11.2 Å². The molecule has 0 saturated carbocycles. The van der Waals surface area contributed by atoms with E-state index in [4.69, 9.17) is 18.6 Å². The lowest BCUT2D eigenvalue weighted by Gasteiger charge is -2.31. The fourth-order valence-electron chi connectivity index (χ4n) is 5.13. The van der Waals surface area contributed by atoms with Crippen LogP contribution in [0.2, 0.25) is 0 Å². The van der Waals surface area contributed by atoms with Crippen molar-refractivity contribution < 1.29 is 28.2 Å². The summed E-state index contributed by atoms with van der Waals surface area (Å²) < 4.78 is 21.9. The maximum atomic E-state index is 13.0. The molecule has 0 spiro atoms. The zero-order valence-electron chi connectivity index (χ0n) is 22.4. The molecule has 5 rings (SSSR count). The van der Waals surface area contributed by atoms with Crippen LogP contribution in [0.15, 0.2) is 71.1 Å². The van der Waals surface area contributed by atoms with Gasteiger partial charge in [-0.15, -0.1) is 0 Å². The van der Waals surface area contributed by atoms with Gasteiger partial charge in [0.1, 0.15) is 5.58 Å². The van der Waals surface area contributed by atoms with Crippen molar-refractivity contribution in [2.24, 2.45) is 0 Å². The molecule has 0 aliphatic carbocycles. The Bertz CT molecular complexity index is 1410. The number of carbonyl (C=O) groups excluding carboxylic acids is 2. The van der Waals surface area contributed by atoms with Crippen molar-refractivity contribution in [3.05, 3.63) is 83.6 Å². The molecule has 3 aromatic carbocycles. The first-order valence-corrected chi connectivity index (χ1v) is 13.0. The molecule has 2 heterocycles. The van der Waals surface area contributed by atoms with Crippen molar-refractivity contribution >= 4 is 28.5 Å². The Morgan fingerprint density at radius 1 is 0.897 bits per heavy atom. The molecule has 1 N–H and O–H groups in total. The molecule has 39 heavy (non-hydrogen) atoms. The maximum Gasteiger partial charge on any atom is 0.289 e. The van der Waals surface area contributed by atoms with Gasteiger partial charge < -0.3 is 28.8 Å². The van der Waals surface area contributed by atoms with E-state index in [1.54, 1.807) is 33.5 Å². The van der Waals surface area contributed by atoms with Gasteiger partial charge in [-0.05, 0) is 66.3 Å². The van der Waals surface area contributed by atoms with Crippen molar-refractivity contribution in [1.82, 2.24) is 4.90 Å². The number of piperidine rings is 1. The third kappa shape index (κ3) is 5.70. The van der Waals surface area contributed by atoms with Crippen LogP contribution >= 0.6 is 0 Å². The van der Waals surface area contributed by atoms with Gasteiger partial charge in [-0.3, -0.25) is 9.59 Å². The van der Waals surface area contributed by atoms with Gasteiger partial charge in [0.05, 0.1) is 27.8 Å². The van der Waals surface area contributed by atoms with E-state index < -0.39 is 0 Å². The van der Waals surface area contributed by atoms with Crippen LogP contribution < -0.4 is 19.5 Å². The molecule has 202 valence electrons. The molecule has 1 saturated heterocycles. The zero-order chi connectivity index (χ0) is 27.4. The fraction of sp³-hybridized carbons (Fsp3) is 0.290. The zero-order valence-corrected chi connectivity index (χ0v) is 22.4. The molecule has 0 unspecified atom stereocenters. The van der Waals surface area contributed by atoms with Gasteiger partial charge in [-0.1, -0.05) is 30.3 Å². The van der Waals surface area contributed by atoms with E-state index in [0.717, 1.165) is 35.1 Å². The highest BCUT2D eigenvalue weighted by atomic mass is 16.5. The topological polar surface area (TPSA) is 90.2 Å². The molecule has 8 heteroatoms. The average Bonchev–Trinajstić information content (AvgIpc) is 3.41. The van der Waals surface area contributed by atoms with E-state index in [1.807, 2.05) is 47.4 Å². The summed E-state index contributed by atoms with van der Waals surface area (Å²) in [7, 11) is 4.64. The number of nitrogens with one attached hydrogen (secondary N) is 1. The smallest absolute Gasteiger partial charge is 0.289 e. The predicted octanol–water partition coefficient (Wildman–Crippen LogP) is 5.66. The van der Waals surface area contributed by atoms with Gasteiger partial charge in [-0.25, -0.2) is 0 Å². The second kappa shape index (κ2) is 11.5. The number of para-hydroxylation sites is 1. The summed E-state index contributed by atoms with van der Waals surface area (Å²) in [4.78, 5) is 27.6. The number of amides is 2. The molecule has 0 bridgehead atoms. The van der Waals surface area contributed by atoms with E-state index in [1.165, 1.54) is 5.56 Å². The third-order valence-corrected chi connectivity index (χ3v) is 7.17. The van der Waals surface area contributed by atoms with Crippen LogP contribution in [0.4, 0.5) is 5.69 Å². The molecule has 0 atom stereocenters. The lowest BCUT2D eigenvalue weighted by atomic mass is 9.89. The van der Waals surface area contributed by atoms with E-state index in [-0.39, 0.29) is 18.2 Å². The molecule has 1 aliphatic heterocycles. The molecule has 4 aromatic rings. The predicted molar refractivity (Wildman–Crippen MR) is 149 cm³/mol. The summed E-state index contributed by atoms with van der Waals surface area (Å²) in [6, 6.07) is 21.0. The number of fused-ring (bicyclic) bond motifs is 1. The Morgan fingerprint density at radius 2 is 1.56 bits per heavy atom. The minimum Gasteiger partial charge on any atom is -0.493 e. The summed E-state index contributed by atoms with van der Waals surface area (Å²) in [5.74, 6) is 2.05. The second-order valence-electron chi connectivity index (χ2n) is 9.60. The normalized spacial score (nSPS) is 13.8. The first-order valence-electron chi connectivity index (χ1n) is 13.0. The maximum absolute atomic E-state index is 13.0. The van der Waals surface area contributed by atoms with Gasteiger partial charge in [0, 0.05) is 24.2 Å². The highest BCUT2D eigenvalue weighted by Gasteiger charge is 2.26. The number of likely N-dealkylation sites (tertiary alicyclic amines) is 1. The molecule has 2 amide bonds. The number of hydrogen-bond donors (Lipinski definition) is 1. The third-order valence-electron chi connectivity index (χ3n) is 7.17. The molecular formula is C31H32N2O6. The monoisotopic (exact) mass is 528 g/mol. The van der Waals surface area contributed by atoms with E-state index >= 15 is 0 Å². The Morgan fingerprint density at radius 3 is 2.18 bits per heavy atom. The summed E-state index contributed by atoms with van der Waals surface area (Å²) in [6.07, 6.45) is 1.91. The van der Waals surface area contributed by atoms with Crippen LogP contribution in [0.5, 0.6) is 17.2 Å². The number of anilines is 1. The number of hydrogen-bond acceptors (Lipinski definition) is 6. The number of nitrogens with zero attached hydrogens (tertiary/aromatic N) is 1. The Labute approximate surface area is 227 Å². The van der Waals surface area contributed by atoms with Crippen LogP contribution in [-0.4, -0.2) is 51.1 Å². The standard InChI is InChI=1S/C31H32N2O6/c1-36-26-16-20(17-27(37-2)30(26)38-3)18-29(34)32-24-10-8-21(9-11-24)22-12-14-33(15-13-22)31(35)28-19-23-6-4-5-7-25(23)39-28/h4-11,16-17,19,22H,12-15,18H2,1-3H3,(H,32,34). The molecule has 8 nitrogen and oxygen atoms in total. The number of rotatable bonds is 8. The van der Waals surface area contributed by atoms with Crippen molar-refractivity contribution in [2.75, 3.05) is 39.7 Å². The Kier molecular flexibility index (Phi) is 7.72. The highest BCUT2D eigenvalue weighted by Crippen LogP contribution is 2.38. The van der Waals surface area contributed by atoms with E-state index in [0.29, 0.717) is 42.0 Å². The number of benzene rings is 3. The lowest BCUT2D eigenvalue weighted by Crippen LogP contribution is -2.37. The minimum atomic E-state index is -0.144. The van der Waals surface area contributed by atoms with Gasteiger partial charge in [0.25, 0.3) is 5.91 Å². The summed E-state index contributed by atoms with van der Waals surface area (Å²) >= 11 is 0. The highest BCUT2D eigenvalue weighted by molar-refractivity contribution is 5.96. The fourth-order valence-corrected chi connectivity index (χ4v) is 5.13. The van der Waals surface area contributed by atoms with Crippen molar-refractivity contribution in [2.45, 2.75) is 25.2 Å². The first kappa shape index (κ1) is 26.2. The lowest BCUT2D eigenvalue weighted by molar-refractivity contribution is -0.115. The number of ether oxygens (including phenoxy) is 3. The van der Waals surface area contributed by atoms with Crippen molar-refractivity contribution in [1.29, 1.82) is 0 Å². The Hall–Kier alpha value is -4.46. The summed E-state index contributed by atoms with van der Waals surface area (Å²) in [5, 5.41) is 3.90. The largest absolute Gasteiger partial charge is 0.493 e. The van der Waals surface area contributed by atoms with Crippen LogP contribution in [0.25, 0.3) is 11.0 Å². The average molecular weight is 529 g/mol. The molecule has 0 radical (unpaired) electrons. The van der Waals surface area contributed by atoms with E-state index in [2.05, 4.69) is 17.4 Å². The minimum absolute atomic E-state index is 0.0604. The van der Waals surface area contributed by atoms with Gasteiger partial charge >= 0.3 is 0 Å². The van der Waals surface area contributed by atoms with Crippen LogP contribution in [0, 0.1) is 0 Å².